The molecule has 3 heteroatoms. The van der Waals surface area contributed by atoms with E-state index >= 15 is 0 Å². The van der Waals surface area contributed by atoms with Crippen LogP contribution in [-0.4, -0.2) is 42.6 Å². The zero-order chi connectivity index (χ0) is 12.2. The van der Waals surface area contributed by atoms with Crippen molar-refractivity contribution in [3.05, 3.63) is 48.5 Å². The SMILES string of the molecule is [CH](CN1CCNCC1)c1ccc2ccccc2n1. The fourth-order valence-corrected chi connectivity index (χ4v) is 2.31. The second-order valence-electron chi connectivity index (χ2n) is 4.68. The van der Waals surface area contributed by atoms with E-state index in [2.05, 4.69) is 45.9 Å². The van der Waals surface area contributed by atoms with Gasteiger partial charge in [0.25, 0.3) is 0 Å². The first-order valence-corrected chi connectivity index (χ1v) is 6.54. The Hall–Kier alpha value is -1.45. The molecule has 1 saturated heterocycles. The first kappa shape index (κ1) is 11.6. The molecule has 1 fully saturated rings. The number of pyridine rings is 1. The van der Waals surface area contributed by atoms with Gasteiger partial charge in [0.15, 0.2) is 0 Å². The van der Waals surface area contributed by atoms with E-state index in [1.165, 1.54) is 5.39 Å². The number of aromatic nitrogens is 1. The Morgan fingerprint density at radius 1 is 1.11 bits per heavy atom. The Morgan fingerprint density at radius 3 is 2.83 bits per heavy atom. The molecule has 1 aliphatic rings. The Bertz CT molecular complexity index is 518. The maximum absolute atomic E-state index is 4.66. The minimum atomic E-state index is 0.993. The average molecular weight is 240 g/mol. The monoisotopic (exact) mass is 240 g/mol. The topological polar surface area (TPSA) is 28.2 Å². The summed E-state index contributed by atoms with van der Waals surface area (Å²) in [5.41, 5.74) is 2.15. The third-order valence-corrected chi connectivity index (χ3v) is 3.39. The Morgan fingerprint density at radius 2 is 1.94 bits per heavy atom. The number of para-hydroxylation sites is 1. The quantitative estimate of drug-likeness (QED) is 0.885. The van der Waals surface area contributed by atoms with Crippen LogP contribution in [0.3, 0.4) is 0 Å². The molecule has 93 valence electrons. The Labute approximate surface area is 108 Å². The van der Waals surface area contributed by atoms with E-state index in [0.717, 1.165) is 43.9 Å². The third kappa shape index (κ3) is 2.68. The normalized spacial score (nSPS) is 17.1. The summed E-state index contributed by atoms with van der Waals surface area (Å²) in [5, 5.41) is 4.57. The minimum absolute atomic E-state index is 0.993. The lowest BCUT2D eigenvalue weighted by Crippen LogP contribution is -2.43. The first-order chi connectivity index (χ1) is 8.92. The predicted molar refractivity (Wildman–Crippen MR) is 74.5 cm³/mol. The van der Waals surface area contributed by atoms with Crippen LogP contribution in [0.1, 0.15) is 5.69 Å². The van der Waals surface area contributed by atoms with Crippen LogP contribution in [0.25, 0.3) is 10.9 Å². The molecule has 0 atom stereocenters. The first-order valence-electron chi connectivity index (χ1n) is 6.54. The summed E-state index contributed by atoms with van der Waals surface area (Å²) in [5.74, 6) is 0. The summed E-state index contributed by atoms with van der Waals surface area (Å²) in [6.07, 6.45) is 2.22. The molecule has 0 bridgehead atoms. The number of hydrogen-bond acceptors (Lipinski definition) is 3. The molecule has 0 unspecified atom stereocenters. The summed E-state index contributed by atoms with van der Waals surface area (Å²) < 4.78 is 0. The molecule has 0 spiro atoms. The maximum Gasteiger partial charge on any atom is 0.0705 e. The van der Waals surface area contributed by atoms with E-state index in [9.17, 15) is 0 Å². The second kappa shape index (κ2) is 5.46. The van der Waals surface area contributed by atoms with Crippen LogP contribution in [0.5, 0.6) is 0 Å². The highest BCUT2D eigenvalue weighted by Crippen LogP contribution is 2.13. The van der Waals surface area contributed by atoms with Crippen molar-refractivity contribution in [3.8, 4) is 0 Å². The van der Waals surface area contributed by atoms with Gasteiger partial charge in [0.2, 0.25) is 0 Å². The van der Waals surface area contributed by atoms with Gasteiger partial charge in [-0.05, 0) is 12.1 Å². The lowest BCUT2D eigenvalue weighted by molar-refractivity contribution is 0.259. The fourth-order valence-electron chi connectivity index (χ4n) is 2.31. The van der Waals surface area contributed by atoms with E-state index < -0.39 is 0 Å². The average Bonchev–Trinajstić information content (AvgIpc) is 2.46. The van der Waals surface area contributed by atoms with Gasteiger partial charge < -0.3 is 10.2 Å². The van der Waals surface area contributed by atoms with Gasteiger partial charge >= 0.3 is 0 Å². The largest absolute Gasteiger partial charge is 0.314 e. The molecule has 0 aliphatic carbocycles. The third-order valence-electron chi connectivity index (χ3n) is 3.39. The maximum atomic E-state index is 4.66. The number of fused-ring (bicyclic) bond motifs is 1. The molecule has 1 N–H and O–H groups in total. The van der Waals surface area contributed by atoms with Crippen LogP contribution in [-0.2, 0) is 0 Å². The number of hydrogen-bond donors (Lipinski definition) is 1. The molecule has 1 aliphatic heterocycles. The van der Waals surface area contributed by atoms with E-state index in [1.807, 2.05) is 12.1 Å². The van der Waals surface area contributed by atoms with Crippen LogP contribution in [0.4, 0.5) is 0 Å². The van der Waals surface area contributed by atoms with Crippen molar-refractivity contribution in [1.29, 1.82) is 0 Å². The van der Waals surface area contributed by atoms with Gasteiger partial charge in [0, 0.05) is 50.2 Å². The standard InChI is InChI=1S/C15H18N3/c1-2-4-15-13(3-1)5-6-14(17-15)7-10-18-11-8-16-9-12-18/h1-7,16H,8-12H2. The summed E-state index contributed by atoms with van der Waals surface area (Å²) in [4.78, 5) is 7.11. The van der Waals surface area contributed by atoms with Crippen molar-refractivity contribution in [2.24, 2.45) is 0 Å². The number of nitrogens with one attached hydrogen (secondary N) is 1. The Balaban J connectivity index is 1.66. The molecular weight excluding hydrogens is 222 g/mol. The van der Waals surface area contributed by atoms with Crippen LogP contribution < -0.4 is 5.32 Å². The zero-order valence-electron chi connectivity index (χ0n) is 10.5. The highest BCUT2D eigenvalue weighted by Gasteiger charge is 2.09. The van der Waals surface area contributed by atoms with Gasteiger partial charge in [-0.2, -0.15) is 0 Å². The molecule has 1 aromatic heterocycles. The van der Waals surface area contributed by atoms with E-state index in [1.54, 1.807) is 0 Å². The molecule has 1 aromatic carbocycles. The fraction of sp³-hybridized carbons (Fsp3) is 0.333. The van der Waals surface area contributed by atoms with Gasteiger partial charge in [-0.25, -0.2) is 0 Å². The predicted octanol–water partition coefficient (Wildman–Crippen LogP) is 1.69. The number of nitrogens with zero attached hydrogens (tertiary/aromatic N) is 2. The number of rotatable bonds is 3. The van der Waals surface area contributed by atoms with Crippen molar-refractivity contribution in [3.63, 3.8) is 0 Å². The highest BCUT2D eigenvalue weighted by molar-refractivity contribution is 5.78. The zero-order valence-corrected chi connectivity index (χ0v) is 10.5. The van der Waals surface area contributed by atoms with Crippen molar-refractivity contribution in [2.45, 2.75) is 0 Å². The Kier molecular flexibility index (Phi) is 3.53. The molecular formula is C15H18N3. The van der Waals surface area contributed by atoms with Crippen LogP contribution in [0.2, 0.25) is 0 Å². The van der Waals surface area contributed by atoms with E-state index in [4.69, 9.17) is 0 Å². The smallest absolute Gasteiger partial charge is 0.0705 e. The van der Waals surface area contributed by atoms with Gasteiger partial charge in [-0.15, -0.1) is 0 Å². The second-order valence-corrected chi connectivity index (χ2v) is 4.68. The lowest BCUT2D eigenvalue weighted by atomic mass is 10.1. The number of benzene rings is 1. The number of piperazine rings is 1. The molecule has 18 heavy (non-hydrogen) atoms. The van der Waals surface area contributed by atoms with Gasteiger partial charge in [-0.1, -0.05) is 24.3 Å². The van der Waals surface area contributed by atoms with Crippen LogP contribution >= 0.6 is 0 Å². The van der Waals surface area contributed by atoms with Gasteiger partial charge in [0.1, 0.15) is 0 Å². The molecule has 3 nitrogen and oxygen atoms in total. The summed E-state index contributed by atoms with van der Waals surface area (Å²) in [6.45, 7) is 5.44. The molecule has 1 radical (unpaired) electrons. The summed E-state index contributed by atoms with van der Waals surface area (Å²) in [6, 6.07) is 12.5. The summed E-state index contributed by atoms with van der Waals surface area (Å²) >= 11 is 0. The summed E-state index contributed by atoms with van der Waals surface area (Å²) in [7, 11) is 0. The molecule has 0 amide bonds. The molecule has 2 aromatic rings. The van der Waals surface area contributed by atoms with Crippen molar-refractivity contribution in [1.82, 2.24) is 15.2 Å². The van der Waals surface area contributed by atoms with Crippen molar-refractivity contribution >= 4 is 10.9 Å². The molecule has 3 rings (SSSR count). The lowest BCUT2D eigenvalue weighted by Gasteiger charge is -2.26. The minimum Gasteiger partial charge on any atom is -0.314 e. The van der Waals surface area contributed by atoms with Crippen LogP contribution in [0, 0.1) is 6.42 Å². The van der Waals surface area contributed by atoms with Gasteiger partial charge in [-0.3, -0.25) is 4.98 Å². The molecule has 2 heterocycles. The highest BCUT2D eigenvalue weighted by atomic mass is 15.2. The van der Waals surface area contributed by atoms with Crippen molar-refractivity contribution < 1.29 is 0 Å². The van der Waals surface area contributed by atoms with E-state index in [-0.39, 0.29) is 0 Å². The molecule has 0 saturated carbocycles. The van der Waals surface area contributed by atoms with Crippen molar-refractivity contribution in [2.75, 3.05) is 32.7 Å². The van der Waals surface area contributed by atoms with Gasteiger partial charge in [0.05, 0.1) is 5.52 Å². The van der Waals surface area contributed by atoms with Crippen LogP contribution in [0.15, 0.2) is 36.4 Å². The van der Waals surface area contributed by atoms with E-state index in [0.29, 0.717) is 0 Å².